The lowest BCUT2D eigenvalue weighted by Gasteiger charge is -2.35. The number of benzene rings is 2. The van der Waals surface area contributed by atoms with Crippen LogP contribution in [0.2, 0.25) is 0 Å². The van der Waals surface area contributed by atoms with Crippen molar-refractivity contribution in [1.82, 2.24) is 9.80 Å². The zero-order valence-corrected chi connectivity index (χ0v) is 15.2. The summed E-state index contributed by atoms with van der Waals surface area (Å²) >= 11 is 0. The van der Waals surface area contributed by atoms with Gasteiger partial charge in [-0.3, -0.25) is 9.80 Å². The molecular formula is C19H27ClN2O3. The first-order chi connectivity index (χ1) is 11.7. The largest absolute Gasteiger partial charge is 0.491 e. The van der Waals surface area contributed by atoms with E-state index in [1.807, 2.05) is 30.3 Å². The molecule has 3 rings (SSSR count). The number of aliphatic hydroxyl groups excluding tert-OH is 2. The van der Waals surface area contributed by atoms with E-state index in [9.17, 15) is 5.11 Å². The van der Waals surface area contributed by atoms with E-state index in [-0.39, 0.29) is 19.0 Å². The number of rotatable bonds is 7. The van der Waals surface area contributed by atoms with Crippen molar-refractivity contribution in [2.45, 2.75) is 6.10 Å². The molecule has 0 amide bonds. The van der Waals surface area contributed by atoms with Gasteiger partial charge in [-0.1, -0.05) is 30.3 Å². The lowest BCUT2D eigenvalue weighted by molar-refractivity contribution is 0.0429. The molecule has 0 saturated carbocycles. The fourth-order valence-electron chi connectivity index (χ4n) is 3.14. The molecule has 1 fully saturated rings. The second-order valence-electron chi connectivity index (χ2n) is 6.34. The van der Waals surface area contributed by atoms with Crippen LogP contribution in [0, 0.1) is 0 Å². The second kappa shape index (κ2) is 9.94. The standard InChI is InChI=1S/C19H26N2O3.ClH/c22-12-11-20-7-9-21(10-8-20)14-18(23)15-24-19-6-5-16-3-1-2-4-17(16)13-19;/h1-6,13,18,22-23H,7-12,14-15H2;1H. The van der Waals surface area contributed by atoms with Gasteiger partial charge in [0.1, 0.15) is 18.5 Å². The minimum atomic E-state index is -0.499. The second-order valence-corrected chi connectivity index (χ2v) is 6.34. The van der Waals surface area contributed by atoms with Crippen molar-refractivity contribution >= 4 is 23.2 Å². The maximum atomic E-state index is 10.2. The van der Waals surface area contributed by atoms with Crippen LogP contribution in [0.4, 0.5) is 0 Å². The Morgan fingerprint density at radius 3 is 2.36 bits per heavy atom. The molecule has 1 atom stereocenters. The number of aliphatic hydroxyl groups is 2. The van der Waals surface area contributed by atoms with Gasteiger partial charge in [0.05, 0.1) is 6.61 Å². The SMILES string of the molecule is Cl.OCCN1CCN(CC(O)COc2ccc3ccccc3c2)CC1. The highest BCUT2D eigenvalue weighted by molar-refractivity contribution is 5.85. The van der Waals surface area contributed by atoms with Gasteiger partial charge in [0.2, 0.25) is 0 Å². The molecule has 2 aromatic rings. The van der Waals surface area contributed by atoms with E-state index in [0.717, 1.165) is 43.9 Å². The first-order valence-corrected chi connectivity index (χ1v) is 8.60. The average molecular weight is 367 g/mol. The highest BCUT2D eigenvalue weighted by Crippen LogP contribution is 2.20. The highest BCUT2D eigenvalue weighted by Gasteiger charge is 2.19. The van der Waals surface area contributed by atoms with E-state index < -0.39 is 6.10 Å². The van der Waals surface area contributed by atoms with E-state index in [1.54, 1.807) is 0 Å². The van der Waals surface area contributed by atoms with Gasteiger partial charge in [-0.15, -0.1) is 12.4 Å². The molecule has 2 N–H and O–H groups in total. The van der Waals surface area contributed by atoms with Crippen LogP contribution in [0.15, 0.2) is 42.5 Å². The number of hydrogen-bond donors (Lipinski definition) is 2. The Hall–Kier alpha value is -1.37. The molecule has 6 heteroatoms. The van der Waals surface area contributed by atoms with Gasteiger partial charge >= 0.3 is 0 Å². The molecule has 0 radical (unpaired) electrons. The van der Waals surface area contributed by atoms with Gasteiger partial charge in [-0.25, -0.2) is 0 Å². The van der Waals surface area contributed by atoms with Crippen molar-refractivity contribution < 1.29 is 14.9 Å². The van der Waals surface area contributed by atoms with Crippen LogP contribution in [0.25, 0.3) is 10.8 Å². The first-order valence-electron chi connectivity index (χ1n) is 8.60. The van der Waals surface area contributed by atoms with Crippen LogP contribution in [0.3, 0.4) is 0 Å². The molecule has 5 nitrogen and oxygen atoms in total. The minimum Gasteiger partial charge on any atom is -0.491 e. The van der Waals surface area contributed by atoms with Crippen molar-refractivity contribution in [3.63, 3.8) is 0 Å². The topological polar surface area (TPSA) is 56.2 Å². The van der Waals surface area contributed by atoms with E-state index in [1.165, 1.54) is 5.39 Å². The number of hydrogen-bond acceptors (Lipinski definition) is 5. The molecule has 1 aliphatic heterocycles. The predicted molar refractivity (Wildman–Crippen MR) is 103 cm³/mol. The molecule has 1 heterocycles. The molecule has 0 aromatic heterocycles. The van der Waals surface area contributed by atoms with Gasteiger partial charge in [-0.05, 0) is 22.9 Å². The summed E-state index contributed by atoms with van der Waals surface area (Å²) in [7, 11) is 0. The van der Waals surface area contributed by atoms with E-state index in [4.69, 9.17) is 9.84 Å². The number of nitrogens with zero attached hydrogens (tertiary/aromatic N) is 2. The van der Waals surface area contributed by atoms with Crippen LogP contribution in [0.5, 0.6) is 5.75 Å². The molecule has 1 unspecified atom stereocenters. The number of halogens is 1. The molecule has 25 heavy (non-hydrogen) atoms. The molecule has 1 saturated heterocycles. The number of piperazine rings is 1. The molecule has 0 bridgehead atoms. The van der Waals surface area contributed by atoms with E-state index >= 15 is 0 Å². The third-order valence-electron chi connectivity index (χ3n) is 4.51. The Bertz CT molecular complexity index is 647. The van der Waals surface area contributed by atoms with Crippen LogP contribution in [-0.4, -0.2) is 78.6 Å². The van der Waals surface area contributed by atoms with Crippen molar-refractivity contribution in [3.05, 3.63) is 42.5 Å². The Morgan fingerprint density at radius 1 is 0.960 bits per heavy atom. The Labute approximate surface area is 155 Å². The summed E-state index contributed by atoms with van der Waals surface area (Å²) in [4.78, 5) is 4.50. The monoisotopic (exact) mass is 366 g/mol. The molecule has 0 spiro atoms. The maximum absolute atomic E-state index is 10.2. The average Bonchev–Trinajstić information content (AvgIpc) is 2.62. The van der Waals surface area contributed by atoms with Gasteiger partial charge < -0.3 is 14.9 Å². The lowest BCUT2D eigenvalue weighted by atomic mass is 10.1. The van der Waals surface area contributed by atoms with Crippen molar-refractivity contribution in [1.29, 1.82) is 0 Å². The first kappa shape index (κ1) is 19.9. The van der Waals surface area contributed by atoms with Gasteiger partial charge in [0.25, 0.3) is 0 Å². The van der Waals surface area contributed by atoms with E-state index in [0.29, 0.717) is 13.2 Å². The third kappa shape index (κ3) is 5.83. The fraction of sp³-hybridized carbons (Fsp3) is 0.474. The summed E-state index contributed by atoms with van der Waals surface area (Å²) in [6.45, 7) is 5.61. The summed E-state index contributed by atoms with van der Waals surface area (Å²) in [6, 6.07) is 14.2. The van der Waals surface area contributed by atoms with Gasteiger partial charge in [-0.2, -0.15) is 0 Å². The zero-order chi connectivity index (χ0) is 16.8. The number of β-amino-alcohol motifs (C(OH)–C–C–N with tert-alkyl or cyclic N) is 2. The molecule has 2 aromatic carbocycles. The summed E-state index contributed by atoms with van der Waals surface area (Å²) in [5.41, 5.74) is 0. The molecule has 1 aliphatic rings. The normalized spacial score (nSPS) is 17.2. The van der Waals surface area contributed by atoms with E-state index in [2.05, 4.69) is 21.9 Å². The molecule has 0 aliphatic carbocycles. The minimum absolute atomic E-state index is 0. The zero-order valence-electron chi connectivity index (χ0n) is 14.4. The van der Waals surface area contributed by atoms with Gasteiger partial charge in [0, 0.05) is 39.3 Å². The molecular weight excluding hydrogens is 340 g/mol. The predicted octanol–water partition coefficient (Wildman–Crippen LogP) is 1.61. The van der Waals surface area contributed by atoms with Crippen LogP contribution >= 0.6 is 12.4 Å². The third-order valence-corrected chi connectivity index (χ3v) is 4.51. The van der Waals surface area contributed by atoms with Crippen LogP contribution < -0.4 is 4.74 Å². The summed E-state index contributed by atoms with van der Waals surface area (Å²) in [5, 5.41) is 21.5. The Kier molecular flexibility index (Phi) is 7.93. The lowest BCUT2D eigenvalue weighted by Crippen LogP contribution is -2.49. The Morgan fingerprint density at radius 2 is 1.64 bits per heavy atom. The number of fused-ring (bicyclic) bond motifs is 1. The summed E-state index contributed by atoms with van der Waals surface area (Å²) in [6.07, 6.45) is -0.499. The highest BCUT2D eigenvalue weighted by atomic mass is 35.5. The smallest absolute Gasteiger partial charge is 0.120 e. The number of ether oxygens (including phenoxy) is 1. The maximum Gasteiger partial charge on any atom is 0.120 e. The molecule has 138 valence electrons. The van der Waals surface area contributed by atoms with Crippen molar-refractivity contribution in [3.8, 4) is 5.75 Å². The van der Waals surface area contributed by atoms with Crippen molar-refractivity contribution in [2.75, 3.05) is 52.5 Å². The quantitative estimate of drug-likeness (QED) is 0.779. The fourth-order valence-corrected chi connectivity index (χ4v) is 3.14. The van der Waals surface area contributed by atoms with Crippen LogP contribution in [0.1, 0.15) is 0 Å². The summed E-state index contributed by atoms with van der Waals surface area (Å²) < 4.78 is 5.76. The van der Waals surface area contributed by atoms with Crippen molar-refractivity contribution in [2.24, 2.45) is 0 Å². The Balaban J connectivity index is 0.00000225. The van der Waals surface area contributed by atoms with Gasteiger partial charge in [0.15, 0.2) is 0 Å². The summed E-state index contributed by atoms with van der Waals surface area (Å²) in [5.74, 6) is 0.792. The van der Waals surface area contributed by atoms with Crippen LogP contribution in [-0.2, 0) is 0 Å².